The largest absolute Gasteiger partial charge is 0.481 e. The SMILES string of the molecule is COc1cc(C(=O)N2CCC3(CC2)CCN(C(=O)c2cn(C)c4ccccc24)C3)cc(Cl)n1. The molecular formula is C25H27ClN4O3. The molecular weight excluding hydrogens is 440 g/mol. The van der Waals surface area contributed by atoms with E-state index in [0.717, 1.165) is 48.8 Å². The van der Waals surface area contributed by atoms with E-state index in [4.69, 9.17) is 16.3 Å². The molecule has 1 spiro atoms. The van der Waals surface area contributed by atoms with Gasteiger partial charge in [-0.25, -0.2) is 4.98 Å². The van der Waals surface area contributed by atoms with Crippen LogP contribution in [0.15, 0.2) is 42.6 Å². The number of halogens is 1. The van der Waals surface area contributed by atoms with Gasteiger partial charge in [-0.3, -0.25) is 9.59 Å². The standard InChI is InChI=1S/C25H27ClN4O3/c1-28-15-19(18-5-3-4-6-20(18)28)24(32)30-12-9-25(16-30)7-10-29(11-8-25)23(31)17-13-21(26)27-22(14-17)33-2/h3-6,13-15H,7-12,16H2,1-2H3. The topological polar surface area (TPSA) is 67.7 Å². The Balaban J connectivity index is 1.26. The number of aryl methyl sites for hydroxylation is 1. The van der Waals surface area contributed by atoms with Crippen LogP contribution in [0.25, 0.3) is 10.9 Å². The van der Waals surface area contributed by atoms with Gasteiger partial charge in [-0.2, -0.15) is 0 Å². The van der Waals surface area contributed by atoms with Crippen molar-refractivity contribution in [3.05, 3.63) is 58.9 Å². The Morgan fingerprint density at radius 3 is 2.45 bits per heavy atom. The molecule has 0 N–H and O–H groups in total. The van der Waals surface area contributed by atoms with E-state index in [0.29, 0.717) is 24.5 Å². The molecule has 2 fully saturated rings. The van der Waals surface area contributed by atoms with E-state index in [1.165, 1.54) is 7.11 Å². The van der Waals surface area contributed by atoms with Gasteiger partial charge < -0.3 is 19.1 Å². The fourth-order valence-corrected chi connectivity index (χ4v) is 5.47. The fourth-order valence-electron chi connectivity index (χ4n) is 5.27. The van der Waals surface area contributed by atoms with Crippen molar-refractivity contribution in [3.8, 4) is 5.88 Å². The quantitative estimate of drug-likeness (QED) is 0.547. The van der Waals surface area contributed by atoms with E-state index >= 15 is 0 Å². The average molecular weight is 467 g/mol. The first-order valence-corrected chi connectivity index (χ1v) is 11.6. The molecule has 2 saturated heterocycles. The second-order valence-electron chi connectivity index (χ2n) is 9.16. The summed E-state index contributed by atoms with van der Waals surface area (Å²) in [5, 5.41) is 1.24. The molecule has 2 aliphatic rings. The van der Waals surface area contributed by atoms with Crippen LogP contribution < -0.4 is 4.74 Å². The Morgan fingerprint density at radius 1 is 1.03 bits per heavy atom. The molecule has 0 aliphatic carbocycles. The lowest BCUT2D eigenvalue weighted by molar-refractivity contribution is 0.0565. The molecule has 7 nitrogen and oxygen atoms in total. The first-order valence-electron chi connectivity index (χ1n) is 11.2. The molecule has 3 aromatic rings. The van der Waals surface area contributed by atoms with Crippen molar-refractivity contribution in [1.29, 1.82) is 0 Å². The first-order chi connectivity index (χ1) is 15.9. The Hall–Kier alpha value is -3.06. The van der Waals surface area contributed by atoms with Gasteiger partial charge in [0, 0.05) is 62.0 Å². The summed E-state index contributed by atoms with van der Waals surface area (Å²) < 4.78 is 7.16. The maximum absolute atomic E-state index is 13.4. The van der Waals surface area contributed by atoms with Crippen molar-refractivity contribution in [1.82, 2.24) is 19.4 Å². The van der Waals surface area contributed by atoms with E-state index < -0.39 is 0 Å². The number of carbonyl (C=O) groups excluding carboxylic acids is 2. The Kier molecular flexibility index (Phi) is 5.52. The van der Waals surface area contributed by atoms with Crippen molar-refractivity contribution in [2.45, 2.75) is 19.3 Å². The van der Waals surface area contributed by atoms with Crippen LogP contribution in [-0.2, 0) is 7.05 Å². The van der Waals surface area contributed by atoms with Gasteiger partial charge in [0.1, 0.15) is 5.15 Å². The number of rotatable bonds is 3. The van der Waals surface area contributed by atoms with E-state index in [1.807, 2.05) is 51.9 Å². The summed E-state index contributed by atoms with van der Waals surface area (Å²) in [7, 11) is 3.48. The van der Waals surface area contributed by atoms with Crippen LogP contribution in [0.2, 0.25) is 5.15 Å². The molecule has 5 rings (SSSR count). The third-order valence-electron chi connectivity index (χ3n) is 7.19. The highest BCUT2D eigenvalue weighted by molar-refractivity contribution is 6.29. The number of piperidine rings is 1. The average Bonchev–Trinajstić information content (AvgIpc) is 3.40. The summed E-state index contributed by atoms with van der Waals surface area (Å²) in [5.74, 6) is 0.368. The highest BCUT2D eigenvalue weighted by Crippen LogP contribution is 2.41. The zero-order chi connectivity index (χ0) is 23.2. The van der Waals surface area contributed by atoms with Gasteiger partial charge in [-0.05, 0) is 36.8 Å². The van der Waals surface area contributed by atoms with Crippen molar-refractivity contribution in [2.75, 3.05) is 33.3 Å². The maximum Gasteiger partial charge on any atom is 0.256 e. The Morgan fingerprint density at radius 2 is 1.73 bits per heavy atom. The van der Waals surface area contributed by atoms with Crippen molar-refractivity contribution >= 4 is 34.3 Å². The molecule has 33 heavy (non-hydrogen) atoms. The highest BCUT2D eigenvalue weighted by atomic mass is 35.5. The lowest BCUT2D eigenvalue weighted by Gasteiger charge is -2.39. The minimum Gasteiger partial charge on any atom is -0.481 e. The Labute approximate surface area is 197 Å². The molecule has 0 radical (unpaired) electrons. The molecule has 8 heteroatoms. The number of pyridine rings is 1. The lowest BCUT2D eigenvalue weighted by atomic mass is 9.77. The summed E-state index contributed by atoms with van der Waals surface area (Å²) in [4.78, 5) is 34.3. The predicted molar refractivity (Wildman–Crippen MR) is 127 cm³/mol. The molecule has 172 valence electrons. The van der Waals surface area contributed by atoms with Gasteiger partial charge in [0.05, 0.1) is 12.7 Å². The monoisotopic (exact) mass is 466 g/mol. The number of hydrogen-bond donors (Lipinski definition) is 0. The minimum atomic E-state index is -0.0610. The van der Waals surface area contributed by atoms with Crippen molar-refractivity contribution in [2.24, 2.45) is 12.5 Å². The van der Waals surface area contributed by atoms with Crippen molar-refractivity contribution in [3.63, 3.8) is 0 Å². The summed E-state index contributed by atoms with van der Waals surface area (Å²) in [6, 6.07) is 11.2. The molecule has 2 aliphatic heterocycles. The molecule has 2 amide bonds. The first kappa shape index (κ1) is 21.8. The summed E-state index contributed by atoms with van der Waals surface area (Å²) >= 11 is 6.04. The number of ether oxygens (including phenoxy) is 1. The van der Waals surface area contributed by atoms with Gasteiger partial charge >= 0.3 is 0 Å². The number of hydrogen-bond acceptors (Lipinski definition) is 4. The molecule has 0 unspecified atom stereocenters. The smallest absolute Gasteiger partial charge is 0.256 e. The number of fused-ring (bicyclic) bond motifs is 1. The second kappa shape index (κ2) is 8.37. The lowest BCUT2D eigenvalue weighted by Crippen LogP contribution is -2.44. The molecule has 1 aromatic carbocycles. The minimum absolute atomic E-state index is 0.0610. The van der Waals surface area contributed by atoms with Crippen LogP contribution in [0.3, 0.4) is 0 Å². The summed E-state index contributed by atoms with van der Waals surface area (Å²) in [6.45, 7) is 2.83. The van der Waals surface area contributed by atoms with Crippen molar-refractivity contribution < 1.29 is 14.3 Å². The van der Waals surface area contributed by atoms with Gasteiger partial charge in [-0.1, -0.05) is 29.8 Å². The maximum atomic E-state index is 13.4. The van der Waals surface area contributed by atoms with Gasteiger partial charge in [-0.15, -0.1) is 0 Å². The van der Waals surface area contributed by atoms with E-state index in [-0.39, 0.29) is 22.4 Å². The fraction of sp³-hybridized carbons (Fsp3) is 0.400. The number of benzene rings is 1. The number of methoxy groups -OCH3 is 1. The molecule has 0 saturated carbocycles. The second-order valence-corrected chi connectivity index (χ2v) is 9.55. The zero-order valence-corrected chi connectivity index (χ0v) is 19.6. The van der Waals surface area contributed by atoms with Gasteiger partial charge in [0.15, 0.2) is 0 Å². The van der Waals surface area contributed by atoms with Crippen LogP contribution in [0, 0.1) is 5.41 Å². The van der Waals surface area contributed by atoms with Crippen LogP contribution in [0.4, 0.5) is 0 Å². The number of nitrogens with zero attached hydrogens (tertiary/aromatic N) is 4. The Bertz CT molecular complexity index is 1230. The van der Waals surface area contributed by atoms with E-state index in [2.05, 4.69) is 4.98 Å². The summed E-state index contributed by atoms with van der Waals surface area (Å²) in [6.07, 6.45) is 4.68. The van der Waals surface area contributed by atoms with E-state index in [1.54, 1.807) is 12.1 Å². The molecule has 0 atom stereocenters. The zero-order valence-electron chi connectivity index (χ0n) is 18.9. The van der Waals surface area contributed by atoms with Crippen LogP contribution >= 0.6 is 11.6 Å². The normalized spacial score (nSPS) is 17.7. The highest BCUT2D eigenvalue weighted by Gasteiger charge is 2.43. The van der Waals surface area contributed by atoms with Crippen LogP contribution in [0.1, 0.15) is 40.0 Å². The number of carbonyl (C=O) groups is 2. The van der Waals surface area contributed by atoms with Gasteiger partial charge in [0.25, 0.3) is 11.8 Å². The van der Waals surface area contributed by atoms with Crippen LogP contribution in [-0.4, -0.2) is 64.5 Å². The molecule has 0 bridgehead atoms. The summed E-state index contributed by atoms with van der Waals surface area (Å²) in [5.41, 5.74) is 2.39. The van der Waals surface area contributed by atoms with Gasteiger partial charge in [0.2, 0.25) is 5.88 Å². The molecule has 4 heterocycles. The van der Waals surface area contributed by atoms with Crippen LogP contribution in [0.5, 0.6) is 5.88 Å². The molecule has 2 aromatic heterocycles. The third-order valence-corrected chi connectivity index (χ3v) is 7.38. The third kappa shape index (κ3) is 3.95. The number of aromatic nitrogens is 2. The number of amides is 2. The number of para-hydroxylation sites is 1. The number of likely N-dealkylation sites (tertiary alicyclic amines) is 2. The predicted octanol–water partition coefficient (Wildman–Crippen LogP) is 4.00. The van der Waals surface area contributed by atoms with E-state index in [9.17, 15) is 9.59 Å².